The van der Waals surface area contributed by atoms with Crippen LogP contribution in [0, 0.1) is 11.6 Å². The van der Waals surface area contributed by atoms with E-state index in [4.69, 9.17) is 31.6 Å². The van der Waals surface area contributed by atoms with Gasteiger partial charge in [0.1, 0.15) is 17.7 Å². The Balaban J connectivity index is 1.43. The van der Waals surface area contributed by atoms with E-state index >= 15 is 0 Å². The number of aromatic nitrogens is 1. The molecule has 39 heavy (non-hydrogen) atoms. The largest absolute Gasteiger partial charge is 0.478 e. The molecule has 1 fully saturated rings. The number of hydrogen-bond donors (Lipinski definition) is 2. The number of rotatable bonds is 7. The number of aliphatic hydroxyl groups excluding tert-OH is 1. The lowest BCUT2D eigenvalue weighted by Gasteiger charge is -2.34. The van der Waals surface area contributed by atoms with Gasteiger partial charge in [0, 0.05) is 55.6 Å². The third-order valence-electron chi connectivity index (χ3n) is 6.88. The second-order valence-electron chi connectivity index (χ2n) is 9.32. The number of aliphatic hydroxyl groups is 1. The number of nitrogen functional groups attached to an aromatic ring is 1. The van der Waals surface area contributed by atoms with Gasteiger partial charge in [-0.25, -0.2) is 13.8 Å². The zero-order chi connectivity index (χ0) is 27.7. The van der Waals surface area contributed by atoms with Crippen LogP contribution in [0.1, 0.15) is 28.9 Å². The van der Waals surface area contributed by atoms with Crippen molar-refractivity contribution < 1.29 is 27.8 Å². The number of anilines is 1. The van der Waals surface area contributed by atoms with Gasteiger partial charge in [-0.15, -0.1) is 0 Å². The number of nitrogens with two attached hydrogens (primary N) is 1. The molecule has 0 unspecified atom stereocenters. The fourth-order valence-corrected chi connectivity index (χ4v) is 5.09. The second-order valence-corrected chi connectivity index (χ2v) is 9.70. The van der Waals surface area contributed by atoms with Gasteiger partial charge in [0.2, 0.25) is 5.75 Å². The summed E-state index contributed by atoms with van der Waals surface area (Å²) < 4.78 is 40.2. The lowest BCUT2D eigenvalue weighted by molar-refractivity contribution is 0.0615. The summed E-state index contributed by atoms with van der Waals surface area (Å²) in [5, 5.41) is 9.34. The number of piperazine rings is 1. The van der Waals surface area contributed by atoms with Gasteiger partial charge in [0.15, 0.2) is 11.4 Å². The van der Waals surface area contributed by atoms with Crippen LogP contribution in [0.15, 0.2) is 53.3 Å². The number of nitrogens with zero attached hydrogens (tertiary/aromatic N) is 3. The Hall–Kier alpha value is -3.73. The predicted molar refractivity (Wildman–Crippen MR) is 144 cm³/mol. The first-order chi connectivity index (χ1) is 18.8. The van der Waals surface area contributed by atoms with E-state index in [0.717, 1.165) is 17.7 Å². The van der Waals surface area contributed by atoms with Gasteiger partial charge in [0.25, 0.3) is 5.91 Å². The van der Waals surface area contributed by atoms with Gasteiger partial charge in [-0.2, -0.15) is 0 Å². The molecule has 11 heteroatoms. The molecular formula is C28H27ClF2N4O4. The van der Waals surface area contributed by atoms with E-state index in [2.05, 4.69) is 9.88 Å². The molecule has 1 amide bonds. The van der Waals surface area contributed by atoms with Crippen molar-refractivity contribution in [3.63, 3.8) is 0 Å². The maximum Gasteiger partial charge on any atom is 0.253 e. The van der Waals surface area contributed by atoms with Gasteiger partial charge in [-0.05, 0) is 36.8 Å². The van der Waals surface area contributed by atoms with Crippen molar-refractivity contribution in [1.29, 1.82) is 0 Å². The Bertz CT molecular complexity index is 1520. The number of amides is 1. The minimum absolute atomic E-state index is 0.00690. The summed E-state index contributed by atoms with van der Waals surface area (Å²) in [7, 11) is 0. The Kier molecular flexibility index (Phi) is 7.69. The zero-order valence-corrected chi connectivity index (χ0v) is 21.9. The molecular weight excluding hydrogens is 530 g/mol. The standard InChI is InChI=1S/C28H27ClF2N4O4/c1-16(23-21(30)5-6-22(31)24(23)29)39-26-25-19(14-33-27(26)32)20(15-38-25)17-3-2-4-18(13-17)28(37)35-9-7-34(8-10-35)11-12-36/h2-6,13-16,36H,7-12H2,1H3,(H2,32,33)/t16-/m1/s1. The van der Waals surface area contributed by atoms with E-state index in [1.807, 2.05) is 6.07 Å². The topological polar surface area (TPSA) is 105 Å². The Morgan fingerprint density at radius 3 is 2.69 bits per heavy atom. The number of β-amino-alcohol motifs (C(OH)–C–C–N with tert-alkyl or cyclic N) is 1. The number of benzene rings is 2. The minimum atomic E-state index is -1.00. The average molecular weight is 557 g/mol. The van der Waals surface area contributed by atoms with Crippen LogP contribution in [-0.4, -0.2) is 65.1 Å². The molecule has 3 heterocycles. The molecule has 0 bridgehead atoms. The summed E-state index contributed by atoms with van der Waals surface area (Å²) in [6.07, 6.45) is 2.04. The molecule has 3 N–H and O–H groups in total. The van der Waals surface area contributed by atoms with Crippen LogP contribution in [0.25, 0.3) is 22.1 Å². The maximum atomic E-state index is 14.5. The van der Waals surface area contributed by atoms with Gasteiger partial charge in [0.05, 0.1) is 23.3 Å². The third-order valence-corrected chi connectivity index (χ3v) is 7.26. The quantitative estimate of drug-likeness (QED) is 0.312. The monoisotopic (exact) mass is 556 g/mol. The van der Waals surface area contributed by atoms with Crippen LogP contribution < -0.4 is 10.5 Å². The number of hydrogen-bond acceptors (Lipinski definition) is 7. The highest BCUT2D eigenvalue weighted by Crippen LogP contribution is 2.41. The second kappa shape index (κ2) is 11.2. The molecule has 2 aromatic heterocycles. The van der Waals surface area contributed by atoms with E-state index in [1.54, 1.807) is 23.1 Å². The smallest absolute Gasteiger partial charge is 0.253 e. The van der Waals surface area contributed by atoms with Crippen molar-refractivity contribution in [2.45, 2.75) is 13.0 Å². The van der Waals surface area contributed by atoms with Crippen LogP contribution in [0.3, 0.4) is 0 Å². The molecule has 1 atom stereocenters. The molecule has 8 nitrogen and oxygen atoms in total. The molecule has 1 saturated heterocycles. The summed E-state index contributed by atoms with van der Waals surface area (Å²) >= 11 is 6.01. The SMILES string of the molecule is C[C@@H](Oc1c(N)ncc2c(-c3cccc(C(=O)N4CCN(CCO)CC4)c3)coc12)c1c(F)ccc(F)c1Cl. The van der Waals surface area contributed by atoms with Gasteiger partial charge < -0.3 is 24.9 Å². The van der Waals surface area contributed by atoms with Crippen molar-refractivity contribution in [1.82, 2.24) is 14.8 Å². The number of fused-ring (bicyclic) bond motifs is 1. The zero-order valence-electron chi connectivity index (χ0n) is 21.2. The van der Waals surface area contributed by atoms with E-state index < -0.39 is 17.7 Å². The lowest BCUT2D eigenvalue weighted by atomic mass is 10.0. The van der Waals surface area contributed by atoms with Crippen molar-refractivity contribution in [2.75, 3.05) is 45.1 Å². The highest BCUT2D eigenvalue weighted by Gasteiger charge is 2.25. The maximum absolute atomic E-state index is 14.5. The normalized spacial score (nSPS) is 15.1. The number of furan rings is 1. The van der Waals surface area contributed by atoms with Crippen LogP contribution in [-0.2, 0) is 0 Å². The summed E-state index contributed by atoms with van der Waals surface area (Å²) in [6, 6.07) is 9.11. The number of carbonyl (C=O) groups excluding carboxylic acids is 1. The molecule has 1 aliphatic rings. The summed E-state index contributed by atoms with van der Waals surface area (Å²) in [5.74, 6) is -1.49. The van der Waals surface area contributed by atoms with E-state index in [0.29, 0.717) is 49.2 Å². The first kappa shape index (κ1) is 26.9. The summed E-state index contributed by atoms with van der Waals surface area (Å²) in [4.78, 5) is 21.3. The molecule has 5 rings (SSSR count). The van der Waals surface area contributed by atoms with Crippen molar-refractivity contribution in [3.05, 3.63) is 76.6 Å². The molecule has 204 valence electrons. The molecule has 0 spiro atoms. The molecule has 4 aromatic rings. The number of carbonyl (C=O) groups is 1. The summed E-state index contributed by atoms with van der Waals surface area (Å²) in [6.45, 7) is 4.78. The molecule has 1 aliphatic heterocycles. The number of pyridine rings is 1. The third kappa shape index (κ3) is 5.27. The average Bonchev–Trinajstić information content (AvgIpc) is 3.37. The van der Waals surface area contributed by atoms with E-state index in [1.165, 1.54) is 19.4 Å². The van der Waals surface area contributed by atoms with Crippen LogP contribution in [0.4, 0.5) is 14.6 Å². The Morgan fingerprint density at radius 2 is 1.95 bits per heavy atom. The Labute approximate surface area is 228 Å². The minimum Gasteiger partial charge on any atom is -0.478 e. The van der Waals surface area contributed by atoms with Crippen LogP contribution >= 0.6 is 11.6 Å². The van der Waals surface area contributed by atoms with Gasteiger partial charge in [-0.1, -0.05) is 23.7 Å². The number of ether oxygens (including phenoxy) is 1. The first-order valence-electron chi connectivity index (χ1n) is 12.5. The van der Waals surface area contributed by atoms with Gasteiger partial charge in [-0.3, -0.25) is 9.69 Å². The summed E-state index contributed by atoms with van der Waals surface area (Å²) in [5.41, 5.74) is 8.11. The van der Waals surface area contributed by atoms with E-state index in [9.17, 15) is 13.6 Å². The fourth-order valence-electron chi connectivity index (χ4n) is 4.79. The molecule has 0 aliphatic carbocycles. The first-order valence-corrected chi connectivity index (χ1v) is 12.8. The lowest BCUT2D eigenvalue weighted by Crippen LogP contribution is -2.49. The predicted octanol–water partition coefficient (Wildman–Crippen LogP) is 4.90. The highest BCUT2D eigenvalue weighted by atomic mass is 35.5. The number of halogens is 3. The fraction of sp³-hybridized carbons (Fsp3) is 0.286. The highest BCUT2D eigenvalue weighted by molar-refractivity contribution is 6.31. The van der Waals surface area contributed by atoms with Gasteiger partial charge >= 0.3 is 0 Å². The van der Waals surface area contributed by atoms with Crippen molar-refractivity contribution >= 4 is 34.3 Å². The van der Waals surface area contributed by atoms with Crippen LogP contribution in [0.2, 0.25) is 5.02 Å². The molecule has 2 aromatic carbocycles. The molecule has 0 saturated carbocycles. The molecule has 0 radical (unpaired) electrons. The van der Waals surface area contributed by atoms with Crippen molar-refractivity contribution in [3.8, 4) is 16.9 Å². The van der Waals surface area contributed by atoms with Crippen LogP contribution in [0.5, 0.6) is 5.75 Å². The van der Waals surface area contributed by atoms with E-state index in [-0.39, 0.29) is 40.3 Å². The van der Waals surface area contributed by atoms with Crippen molar-refractivity contribution in [2.24, 2.45) is 0 Å². The Morgan fingerprint density at radius 1 is 1.21 bits per heavy atom.